The lowest BCUT2D eigenvalue weighted by atomic mass is 10.2. The van der Waals surface area contributed by atoms with Crippen molar-refractivity contribution in [1.82, 2.24) is 0 Å². The van der Waals surface area contributed by atoms with E-state index in [0.717, 1.165) is 31.4 Å². The van der Waals surface area contributed by atoms with Gasteiger partial charge in [0.1, 0.15) is 0 Å². The molecule has 2 atom stereocenters. The third-order valence-electron chi connectivity index (χ3n) is 2.75. The average molecular weight is 213 g/mol. The zero-order chi connectivity index (χ0) is 10.8. The van der Waals surface area contributed by atoms with E-state index in [1.54, 1.807) is 0 Å². The fraction of sp³-hybridized carbons (Fsp3) is 0.455. The van der Waals surface area contributed by atoms with Crippen molar-refractivity contribution < 1.29 is 13.9 Å². The van der Waals surface area contributed by atoms with E-state index in [4.69, 9.17) is 0 Å². The molecule has 1 saturated carbocycles. The molecular formula is C11H13F2NO. The third kappa shape index (κ3) is 2.26. The summed E-state index contributed by atoms with van der Waals surface area (Å²) >= 11 is 0. The largest absolute Gasteiger partial charge is 0.391 e. The zero-order valence-corrected chi connectivity index (χ0v) is 8.21. The van der Waals surface area contributed by atoms with Crippen molar-refractivity contribution in [2.75, 3.05) is 5.32 Å². The minimum Gasteiger partial charge on any atom is -0.391 e. The smallest absolute Gasteiger partial charge is 0.160 e. The summed E-state index contributed by atoms with van der Waals surface area (Å²) < 4.78 is 25.5. The molecule has 1 aromatic rings. The summed E-state index contributed by atoms with van der Waals surface area (Å²) in [5.74, 6) is -1.72. The fourth-order valence-corrected chi connectivity index (χ4v) is 1.91. The van der Waals surface area contributed by atoms with Gasteiger partial charge in [-0.15, -0.1) is 0 Å². The molecule has 0 aromatic heterocycles. The molecule has 82 valence electrons. The maximum atomic E-state index is 12.9. The molecule has 1 aliphatic rings. The number of nitrogens with one attached hydrogen (secondary N) is 1. The topological polar surface area (TPSA) is 32.3 Å². The molecule has 0 bridgehead atoms. The molecule has 0 spiro atoms. The molecule has 15 heavy (non-hydrogen) atoms. The van der Waals surface area contributed by atoms with Crippen LogP contribution >= 0.6 is 0 Å². The zero-order valence-electron chi connectivity index (χ0n) is 8.21. The van der Waals surface area contributed by atoms with Crippen LogP contribution in [0.5, 0.6) is 0 Å². The lowest BCUT2D eigenvalue weighted by Crippen LogP contribution is -2.27. The van der Waals surface area contributed by atoms with Gasteiger partial charge in [0.25, 0.3) is 0 Å². The Labute approximate surface area is 86.9 Å². The van der Waals surface area contributed by atoms with Gasteiger partial charge in [0.05, 0.1) is 12.1 Å². The van der Waals surface area contributed by atoms with Crippen LogP contribution in [0.15, 0.2) is 18.2 Å². The molecule has 0 aliphatic heterocycles. The van der Waals surface area contributed by atoms with Gasteiger partial charge in [0.2, 0.25) is 0 Å². The van der Waals surface area contributed by atoms with Crippen molar-refractivity contribution in [2.24, 2.45) is 0 Å². The Morgan fingerprint density at radius 1 is 1.20 bits per heavy atom. The minimum absolute atomic E-state index is 0.0464. The van der Waals surface area contributed by atoms with Gasteiger partial charge in [-0.1, -0.05) is 0 Å². The lowest BCUT2D eigenvalue weighted by molar-refractivity contribution is 0.172. The Hall–Kier alpha value is -1.16. The molecule has 4 heteroatoms. The van der Waals surface area contributed by atoms with Crippen LogP contribution < -0.4 is 5.32 Å². The third-order valence-corrected chi connectivity index (χ3v) is 2.75. The summed E-state index contributed by atoms with van der Waals surface area (Å²) in [6.45, 7) is 0. The second-order valence-corrected chi connectivity index (χ2v) is 3.88. The Bertz CT molecular complexity index is 356. The van der Waals surface area contributed by atoms with Gasteiger partial charge < -0.3 is 10.4 Å². The van der Waals surface area contributed by atoms with Gasteiger partial charge in [-0.3, -0.25) is 0 Å². The average Bonchev–Trinajstić information content (AvgIpc) is 2.59. The van der Waals surface area contributed by atoms with Crippen molar-refractivity contribution in [3.63, 3.8) is 0 Å². The maximum Gasteiger partial charge on any atom is 0.160 e. The quantitative estimate of drug-likeness (QED) is 0.790. The van der Waals surface area contributed by atoms with Crippen LogP contribution in [0.25, 0.3) is 0 Å². The Balaban J connectivity index is 2.07. The number of hydrogen-bond acceptors (Lipinski definition) is 2. The van der Waals surface area contributed by atoms with Gasteiger partial charge in [-0.05, 0) is 31.4 Å². The minimum atomic E-state index is -0.868. The summed E-state index contributed by atoms with van der Waals surface area (Å²) in [4.78, 5) is 0. The number of hydrogen-bond donors (Lipinski definition) is 2. The van der Waals surface area contributed by atoms with Crippen molar-refractivity contribution in [3.05, 3.63) is 29.8 Å². The number of aliphatic hydroxyl groups excluding tert-OH is 1. The van der Waals surface area contributed by atoms with Crippen LogP contribution in [0.1, 0.15) is 19.3 Å². The molecule has 1 aliphatic carbocycles. The van der Waals surface area contributed by atoms with Crippen molar-refractivity contribution >= 4 is 5.69 Å². The molecule has 0 unspecified atom stereocenters. The van der Waals surface area contributed by atoms with E-state index in [9.17, 15) is 13.9 Å². The predicted octanol–water partition coefficient (Wildman–Crippen LogP) is 2.29. The molecule has 0 amide bonds. The summed E-state index contributed by atoms with van der Waals surface area (Å²) in [5, 5.41) is 12.5. The highest BCUT2D eigenvalue weighted by molar-refractivity contribution is 5.44. The first-order valence-electron chi connectivity index (χ1n) is 5.06. The standard InChI is InChI=1S/C11H13F2NO/c12-8-5-4-7(6-9(8)13)14-10-2-1-3-11(10)15/h4-6,10-11,14-15H,1-3H2/t10-,11-/m1/s1. The monoisotopic (exact) mass is 213 g/mol. The number of anilines is 1. The summed E-state index contributed by atoms with van der Waals surface area (Å²) in [6, 6.07) is 3.62. The second kappa shape index (κ2) is 4.14. The summed E-state index contributed by atoms with van der Waals surface area (Å²) in [7, 11) is 0. The SMILES string of the molecule is O[C@@H]1CCC[C@H]1Nc1ccc(F)c(F)c1. The maximum absolute atomic E-state index is 12.9. The van der Waals surface area contributed by atoms with E-state index in [0.29, 0.717) is 5.69 Å². The summed E-state index contributed by atoms with van der Waals surface area (Å²) in [5.41, 5.74) is 0.514. The van der Waals surface area contributed by atoms with Crippen molar-refractivity contribution in [1.29, 1.82) is 0 Å². The van der Waals surface area contributed by atoms with Crippen LogP contribution in [0.2, 0.25) is 0 Å². The molecule has 2 N–H and O–H groups in total. The van der Waals surface area contributed by atoms with E-state index < -0.39 is 17.7 Å². The molecule has 0 saturated heterocycles. The Kier molecular flexibility index (Phi) is 2.86. The van der Waals surface area contributed by atoms with Crippen LogP contribution in [-0.4, -0.2) is 17.3 Å². The van der Waals surface area contributed by atoms with Gasteiger partial charge in [0, 0.05) is 11.8 Å². The van der Waals surface area contributed by atoms with Gasteiger partial charge in [-0.25, -0.2) is 8.78 Å². The number of benzene rings is 1. The number of halogens is 2. The number of aliphatic hydroxyl groups is 1. The predicted molar refractivity (Wildman–Crippen MR) is 53.6 cm³/mol. The lowest BCUT2D eigenvalue weighted by Gasteiger charge is -2.17. The normalized spacial score (nSPS) is 25.5. The van der Waals surface area contributed by atoms with Gasteiger partial charge in [-0.2, -0.15) is 0 Å². The van der Waals surface area contributed by atoms with Crippen LogP contribution in [0, 0.1) is 11.6 Å². The van der Waals surface area contributed by atoms with Gasteiger partial charge >= 0.3 is 0 Å². The van der Waals surface area contributed by atoms with Crippen molar-refractivity contribution in [3.8, 4) is 0 Å². The van der Waals surface area contributed by atoms with E-state index in [-0.39, 0.29) is 6.04 Å². The van der Waals surface area contributed by atoms with E-state index >= 15 is 0 Å². The van der Waals surface area contributed by atoms with Crippen LogP contribution in [0.4, 0.5) is 14.5 Å². The van der Waals surface area contributed by atoms with E-state index in [2.05, 4.69) is 5.32 Å². The molecule has 0 heterocycles. The van der Waals surface area contributed by atoms with Crippen LogP contribution in [-0.2, 0) is 0 Å². The molecule has 2 rings (SSSR count). The fourth-order valence-electron chi connectivity index (χ4n) is 1.91. The van der Waals surface area contributed by atoms with E-state index in [1.165, 1.54) is 6.07 Å². The highest BCUT2D eigenvalue weighted by Crippen LogP contribution is 2.23. The number of rotatable bonds is 2. The second-order valence-electron chi connectivity index (χ2n) is 3.88. The highest BCUT2D eigenvalue weighted by atomic mass is 19.2. The van der Waals surface area contributed by atoms with Crippen molar-refractivity contribution in [2.45, 2.75) is 31.4 Å². The first-order chi connectivity index (χ1) is 7.16. The Morgan fingerprint density at radius 2 is 2.00 bits per heavy atom. The van der Waals surface area contributed by atoms with E-state index in [1.807, 2.05) is 0 Å². The molecule has 0 radical (unpaired) electrons. The first-order valence-corrected chi connectivity index (χ1v) is 5.06. The van der Waals surface area contributed by atoms with Gasteiger partial charge in [0.15, 0.2) is 11.6 Å². The molecular weight excluding hydrogens is 200 g/mol. The molecule has 1 fully saturated rings. The van der Waals surface area contributed by atoms with Crippen LogP contribution in [0.3, 0.4) is 0 Å². The Morgan fingerprint density at radius 3 is 2.60 bits per heavy atom. The molecule has 1 aromatic carbocycles. The molecule has 2 nitrogen and oxygen atoms in total. The first kappa shape index (κ1) is 10.4. The highest BCUT2D eigenvalue weighted by Gasteiger charge is 2.24. The summed E-state index contributed by atoms with van der Waals surface area (Å²) in [6.07, 6.45) is 2.20.